The van der Waals surface area contributed by atoms with Crippen LogP contribution in [-0.4, -0.2) is 38.6 Å². The average Bonchev–Trinajstić information content (AvgIpc) is 2.81. The molecule has 1 aromatic heterocycles. The number of alkyl carbamates (subject to hydrolysis) is 1. The number of carbonyl (C=O) groups excluding carboxylic acids is 1. The molecule has 10 heteroatoms. The molecule has 0 aromatic carbocycles. The first-order chi connectivity index (χ1) is 10.3. The monoisotopic (exact) mass is 337 g/mol. The lowest BCUT2D eigenvalue weighted by Gasteiger charge is -2.25. The van der Waals surface area contributed by atoms with Crippen LogP contribution in [0.25, 0.3) is 0 Å². The van der Waals surface area contributed by atoms with E-state index in [9.17, 15) is 27.9 Å². The van der Waals surface area contributed by atoms with Crippen LogP contribution in [0.15, 0.2) is 12.3 Å². The summed E-state index contributed by atoms with van der Waals surface area (Å²) in [7, 11) is 0. The highest BCUT2D eigenvalue weighted by Crippen LogP contribution is 2.28. The molecule has 2 unspecified atom stereocenters. The Kier molecular flexibility index (Phi) is 5.28. The molecule has 0 saturated heterocycles. The summed E-state index contributed by atoms with van der Waals surface area (Å²) in [5.74, 6) is -1.42. The van der Waals surface area contributed by atoms with Crippen LogP contribution in [0.2, 0.25) is 0 Å². The molecule has 130 valence electrons. The van der Waals surface area contributed by atoms with Gasteiger partial charge in [0.25, 0.3) is 0 Å². The Morgan fingerprint density at radius 1 is 1.35 bits per heavy atom. The summed E-state index contributed by atoms with van der Waals surface area (Å²) in [5.41, 5.74) is -1.99. The average molecular weight is 337 g/mol. The van der Waals surface area contributed by atoms with Gasteiger partial charge in [-0.1, -0.05) is 0 Å². The van der Waals surface area contributed by atoms with Crippen LogP contribution >= 0.6 is 0 Å². The van der Waals surface area contributed by atoms with Crippen molar-refractivity contribution in [2.24, 2.45) is 0 Å². The first-order valence-corrected chi connectivity index (χ1v) is 6.66. The lowest BCUT2D eigenvalue weighted by molar-refractivity contribution is -0.141. The second-order valence-electron chi connectivity index (χ2n) is 5.88. The minimum Gasteiger partial charge on any atom is -0.480 e. The van der Waals surface area contributed by atoms with E-state index in [0.717, 1.165) is 16.9 Å². The summed E-state index contributed by atoms with van der Waals surface area (Å²) in [6.07, 6.45) is -4.62. The molecule has 0 bridgehead atoms. The van der Waals surface area contributed by atoms with Crippen molar-refractivity contribution in [2.75, 3.05) is 0 Å². The molecule has 1 aromatic rings. The molecule has 0 saturated carbocycles. The van der Waals surface area contributed by atoms with Crippen LogP contribution < -0.4 is 5.32 Å². The maximum absolute atomic E-state index is 12.5. The fraction of sp³-hybridized carbons (Fsp3) is 0.615. The molecule has 2 N–H and O–H groups in total. The normalized spacial score (nSPS) is 14.9. The zero-order chi connectivity index (χ0) is 18.0. The van der Waals surface area contributed by atoms with Gasteiger partial charge in [0.05, 0.1) is 6.04 Å². The summed E-state index contributed by atoms with van der Waals surface area (Å²) >= 11 is 0. The van der Waals surface area contributed by atoms with Crippen molar-refractivity contribution in [3.05, 3.63) is 18.0 Å². The quantitative estimate of drug-likeness (QED) is 0.880. The number of amides is 1. The minimum absolute atomic E-state index is 0.725. The van der Waals surface area contributed by atoms with Gasteiger partial charge < -0.3 is 15.2 Å². The van der Waals surface area contributed by atoms with E-state index in [1.54, 1.807) is 20.8 Å². The molecular formula is C13H18F3N3O4. The molecule has 1 rings (SSSR count). The second-order valence-corrected chi connectivity index (χ2v) is 5.88. The Balaban J connectivity index is 2.91. The Morgan fingerprint density at radius 3 is 2.30 bits per heavy atom. The maximum Gasteiger partial charge on any atom is 0.435 e. The van der Waals surface area contributed by atoms with Gasteiger partial charge in [0, 0.05) is 6.20 Å². The molecule has 23 heavy (non-hydrogen) atoms. The predicted molar refractivity (Wildman–Crippen MR) is 72.7 cm³/mol. The molecule has 7 nitrogen and oxygen atoms in total. The summed E-state index contributed by atoms with van der Waals surface area (Å²) in [4.78, 5) is 23.0. The molecule has 1 amide bonds. The van der Waals surface area contributed by atoms with Gasteiger partial charge in [-0.3, -0.25) is 4.68 Å². The van der Waals surface area contributed by atoms with E-state index in [4.69, 9.17) is 4.74 Å². The number of alkyl halides is 3. The first-order valence-electron chi connectivity index (χ1n) is 6.66. The molecule has 2 atom stereocenters. The lowest BCUT2D eigenvalue weighted by atomic mass is 10.1. The highest BCUT2D eigenvalue weighted by molar-refractivity contribution is 5.80. The third-order valence-electron chi connectivity index (χ3n) is 2.74. The van der Waals surface area contributed by atoms with Crippen LogP contribution in [0, 0.1) is 0 Å². The van der Waals surface area contributed by atoms with E-state index in [0.29, 0.717) is 0 Å². The molecule has 0 spiro atoms. The minimum atomic E-state index is -4.64. The summed E-state index contributed by atoms with van der Waals surface area (Å²) in [6, 6.07) is -1.84. The molecular weight excluding hydrogens is 319 g/mol. The third kappa shape index (κ3) is 5.46. The number of nitrogens with zero attached hydrogens (tertiary/aromatic N) is 2. The molecule has 1 heterocycles. The maximum atomic E-state index is 12.5. The Labute approximate surface area is 130 Å². The van der Waals surface area contributed by atoms with Crippen molar-refractivity contribution in [2.45, 2.75) is 51.6 Å². The molecule has 0 fully saturated rings. The number of carbonyl (C=O) groups is 2. The van der Waals surface area contributed by atoms with Gasteiger partial charge in [0.1, 0.15) is 5.60 Å². The molecule has 0 aliphatic carbocycles. The van der Waals surface area contributed by atoms with Gasteiger partial charge in [-0.05, 0) is 33.8 Å². The zero-order valence-electron chi connectivity index (χ0n) is 13.0. The number of ether oxygens (including phenoxy) is 1. The largest absolute Gasteiger partial charge is 0.480 e. The molecule has 0 aliphatic rings. The number of carboxylic acids is 1. The fourth-order valence-electron chi connectivity index (χ4n) is 1.69. The number of aliphatic carboxylic acids is 1. The van der Waals surface area contributed by atoms with Crippen molar-refractivity contribution in [1.29, 1.82) is 0 Å². The smallest absolute Gasteiger partial charge is 0.435 e. The SMILES string of the molecule is CC(C(NC(=O)OC(C)(C)C)C(=O)O)n1ccc(C(F)(F)F)n1. The lowest BCUT2D eigenvalue weighted by Crippen LogP contribution is -2.47. The number of hydrogen-bond donors (Lipinski definition) is 2. The number of carboxylic acid groups (broad SMARTS) is 1. The van der Waals surface area contributed by atoms with Crippen molar-refractivity contribution >= 4 is 12.1 Å². The zero-order valence-corrected chi connectivity index (χ0v) is 13.0. The van der Waals surface area contributed by atoms with Crippen molar-refractivity contribution in [1.82, 2.24) is 15.1 Å². The van der Waals surface area contributed by atoms with E-state index in [1.165, 1.54) is 6.92 Å². The topological polar surface area (TPSA) is 93.5 Å². The van der Waals surface area contributed by atoms with Crippen LogP contribution in [0.5, 0.6) is 0 Å². The Bertz CT molecular complexity index is 578. The van der Waals surface area contributed by atoms with E-state index >= 15 is 0 Å². The van der Waals surface area contributed by atoms with E-state index in [1.807, 2.05) is 0 Å². The number of aromatic nitrogens is 2. The van der Waals surface area contributed by atoms with Crippen molar-refractivity contribution < 1.29 is 32.6 Å². The van der Waals surface area contributed by atoms with E-state index in [2.05, 4.69) is 10.4 Å². The first kappa shape index (κ1) is 18.8. The summed E-state index contributed by atoms with van der Waals surface area (Å²) in [5, 5.41) is 14.6. The Hall–Kier alpha value is -2.26. The standard InChI is InChI=1S/C13H18F3N3O4/c1-7(19-6-5-8(18-19)13(14,15)16)9(10(20)21)17-11(22)23-12(2,3)4/h5-7,9H,1-4H3,(H,17,22)(H,20,21). The van der Waals surface area contributed by atoms with Crippen LogP contribution in [0.4, 0.5) is 18.0 Å². The summed E-state index contributed by atoms with van der Waals surface area (Å²) in [6.45, 7) is 6.10. The fourth-order valence-corrected chi connectivity index (χ4v) is 1.69. The number of hydrogen-bond acceptors (Lipinski definition) is 4. The van der Waals surface area contributed by atoms with Crippen LogP contribution in [0.3, 0.4) is 0 Å². The predicted octanol–water partition coefficient (Wildman–Crippen LogP) is 2.44. The highest BCUT2D eigenvalue weighted by Gasteiger charge is 2.36. The van der Waals surface area contributed by atoms with Gasteiger partial charge >= 0.3 is 18.2 Å². The third-order valence-corrected chi connectivity index (χ3v) is 2.74. The highest BCUT2D eigenvalue weighted by atomic mass is 19.4. The van der Waals surface area contributed by atoms with Crippen LogP contribution in [-0.2, 0) is 15.7 Å². The van der Waals surface area contributed by atoms with E-state index < -0.39 is 41.6 Å². The Morgan fingerprint density at radius 2 is 1.91 bits per heavy atom. The van der Waals surface area contributed by atoms with Gasteiger partial charge in [-0.15, -0.1) is 0 Å². The second kappa shape index (κ2) is 6.47. The van der Waals surface area contributed by atoms with Gasteiger partial charge in [-0.25, -0.2) is 9.59 Å². The molecule has 0 aliphatic heterocycles. The van der Waals surface area contributed by atoms with Gasteiger partial charge in [-0.2, -0.15) is 18.3 Å². The van der Waals surface area contributed by atoms with E-state index in [-0.39, 0.29) is 0 Å². The number of halogens is 3. The van der Waals surface area contributed by atoms with Gasteiger partial charge in [0.15, 0.2) is 11.7 Å². The number of rotatable bonds is 4. The summed E-state index contributed by atoms with van der Waals surface area (Å²) < 4.78 is 43.4. The van der Waals surface area contributed by atoms with Gasteiger partial charge in [0.2, 0.25) is 0 Å². The van der Waals surface area contributed by atoms with Crippen LogP contribution in [0.1, 0.15) is 39.4 Å². The molecule has 0 radical (unpaired) electrons. The van der Waals surface area contributed by atoms with Crippen molar-refractivity contribution in [3.63, 3.8) is 0 Å². The van der Waals surface area contributed by atoms with Crippen molar-refractivity contribution in [3.8, 4) is 0 Å². The number of nitrogens with one attached hydrogen (secondary N) is 1.